The minimum atomic E-state index is -3.86. The maximum Gasteiger partial charge on any atom is 0.269 e. The number of hydrogen-bond donors (Lipinski definition) is 0. The van der Waals surface area contributed by atoms with Crippen LogP contribution >= 0.6 is 0 Å². The fraction of sp³-hybridized carbons (Fsp3) is 0.357. The van der Waals surface area contributed by atoms with Crippen LogP contribution in [0.5, 0.6) is 0 Å². The molecule has 0 unspecified atom stereocenters. The first-order chi connectivity index (χ1) is 12.6. The highest BCUT2D eigenvalue weighted by Crippen LogP contribution is 2.23. The highest BCUT2D eigenvalue weighted by Gasteiger charge is 2.34. The molecule has 0 bridgehead atoms. The summed E-state index contributed by atoms with van der Waals surface area (Å²) in [5.74, 6) is 0. The second kappa shape index (κ2) is 6.99. The Morgan fingerprint density at radius 3 is 1.81 bits per heavy atom. The van der Waals surface area contributed by atoms with Gasteiger partial charge in [0.15, 0.2) is 0 Å². The number of aromatic nitrogens is 2. The third kappa shape index (κ3) is 3.71. The predicted molar refractivity (Wildman–Crippen MR) is 93.8 cm³/mol. The number of benzene rings is 1. The first-order valence-electron chi connectivity index (χ1n) is 7.86. The van der Waals surface area contributed by atoms with Crippen molar-refractivity contribution in [2.45, 2.75) is 9.79 Å². The average molecular weight is 415 g/mol. The Balaban J connectivity index is 1.73. The summed E-state index contributed by atoms with van der Waals surface area (Å²) in [7, 11) is -5.99. The van der Waals surface area contributed by atoms with E-state index in [4.69, 9.17) is 0 Å². The van der Waals surface area contributed by atoms with Crippen molar-refractivity contribution in [2.75, 3.05) is 26.2 Å². The largest absolute Gasteiger partial charge is 0.274 e. The first kappa shape index (κ1) is 19.4. The molecule has 1 aromatic heterocycles. The van der Waals surface area contributed by atoms with Crippen LogP contribution in [0.4, 0.5) is 5.69 Å². The van der Waals surface area contributed by atoms with E-state index in [2.05, 4.69) is 5.10 Å². The number of nitrogens with zero attached hydrogens (tertiary/aromatic N) is 5. The molecule has 0 atom stereocenters. The van der Waals surface area contributed by atoms with Crippen LogP contribution in [0.1, 0.15) is 0 Å². The first-order valence-corrected chi connectivity index (χ1v) is 10.7. The van der Waals surface area contributed by atoms with Gasteiger partial charge in [0.25, 0.3) is 5.69 Å². The molecule has 1 saturated heterocycles. The van der Waals surface area contributed by atoms with Crippen LogP contribution < -0.4 is 0 Å². The molecule has 0 amide bonds. The summed E-state index contributed by atoms with van der Waals surface area (Å²) in [6.07, 6.45) is 2.63. The number of hydrogen-bond acceptors (Lipinski definition) is 7. The summed E-state index contributed by atoms with van der Waals surface area (Å²) in [5, 5.41) is 14.5. The van der Waals surface area contributed by atoms with E-state index in [1.54, 1.807) is 7.05 Å². The molecule has 146 valence electrons. The third-order valence-corrected chi connectivity index (χ3v) is 7.97. The maximum atomic E-state index is 12.7. The lowest BCUT2D eigenvalue weighted by atomic mass is 10.3. The number of piperazine rings is 1. The van der Waals surface area contributed by atoms with Crippen molar-refractivity contribution in [2.24, 2.45) is 7.05 Å². The van der Waals surface area contributed by atoms with E-state index in [9.17, 15) is 26.9 Å². The van der Waals surface area contributed by atoms with E-state index in [-0.39, 0.29) is 41.7 Å². The molecule has 2 aromatic rings. The lowest BCUT2D eigenvalue weighted by Gasteiger charge is -2.32. The number of sulfonamides is 2. The maximum absolute atomic E-state index is 12.7. The molecule has 1 aromatic carbocycles. The number of rotatable bonds is 5. The number of aryl methyl sites for hydroxylation is 1. The van der Waals surface area contributed by atoms with Crippen LogP contribution in [0.2, 0.25) is 0 Å². The summed E-state index contributed by atoms with van der Waals surface area (Å²) in [5.41, 5.74) is -0.207. The van der Waals surface area contributed by atoms with Crippen molar-refractivity contribution in [3.05, 3.63) is 46.8 Å². The monoisotopic (exact) mass is 415 g/mol. The minimum absolute atomic E-state index is 0.00341. The van der Waals surface area contributed by atoms with Gasteiger partial charge in [-0.15, -0.1) is 0 Å². The molecule has 2 heterocycles. The van der Waals surface area contributed by atoms with Crippen molar-refractivity contribution in [1.29, 1.82) is 0 Å². The van der Waals surface area contributed by atoms with Crippen molar-refractivity contribution in [3.63, 3.8) is 0 Å². The minimum Gasteiger partial charge on any atom is -0.274 e. The molecule has 27 heavy (non-hydrogen) atoms. The van der Waals surface area contributed by atoms with Gasteiger partial charge in [-0.2, -0.15) is 13.7 Å². The quantitative estimate of drug-likeness (QED) is 0.496. The highest BCUT2D eigenvalue weighted by atomic mass is 32.2. The van der Waals surface area contributed by atoms with Gasteiger partial charge in [0.2, 0.25) is 20.0 Å². The summed E-state index contributed by atoms with van der Waals surface area (Å²) in [4.78, 5) is 10.1. The summed E-state index contributed by atoms with van der Waals surface area (Å²) in [6.45, 7) is -0.0233. The lowest BCUT2D eigenvalue weighted by molar-refractivity contribution is -0.384. The van der Waals surface area contributed by atoms with Crippen LogP contribution in [0.25, 0.3) is 0 Å². The SMILES string of the molecule is Cn1cc(S(=O)(=O)N2CCN(S(=O)(=O)c3ccc([N+](=O)[O-])cc3)CC2)cn1. The molecule has 0 N–H and O–H groups in total. The van der Waals surface area contributed by atoms with Crippen LogP contribution in [-0.2, 0) is 27.1 Å². The predicted octanol–water partition coefficient (Wildman–Crippen LogP) is 0.0235. The second-order valence-corrected chi connectivity index (χ2v) is 9.78. The molecular formula is C14H17N5O6S2. The fourth-order valence-electron chi connectivity index (χ4n) is 2.72. The van der Waals surface area contributed by atoms with Gasteiger partial charge in [0.05, 0.1) is 16.0 Å². The van der Waals surface area contributed by atoms with Crippen molar-refractivity contribution in [1.82, 2.24) is 18.4 Å². The van der Waals surface area contributed by atoms with Gasteiger partial charge in [0, 0.05) is 51.6 Å². The Morgan fingerprint density at radius 1 is 0.926 bits per heavy atom. The van der Waals surface area contributed by atoms with E-state index >= 15 is 0 Å². The van der Waals surface area contributed by atoms with Gasteiger partial charge in [-0.1, -0.05) is 0 Å². The van der Waals surface area contributed by atoms with Crippen LogP contribution in [0, 0.1) is 10.1 Å². The van der Waals surface area contributed by atoms with Crippen molar-refractivity contribution < 1.29 is 21.8 Å². The van der Waals surface area contributed by atoms with E-state index < -0.39 is 25.0 Å². The molecule has 0 saturated carbocycles. The molecule has 13 heteroatoms. The average Bonchev–Trinajstić information content (AvgIpc) is 3.09. The van der Waals surface area contributed by atoms with Gasteiger partial charge < -0.3 is 0 Å². The van der Waals surface area contributed by atoms with Crippen LogP contribution in [-0.4, -0.2) is 66.3 Å². The molecule has 1 aliphatic rings. The molecular weight excluding hydrogens is 398 g/mol. The lowest BCUT2D eigenvalue weighted by Crippen LogP contribution is -2.50. The van der Waals surface area contributed by atoms with E-state index in [0.717, 1.165) is 12.1 Å². The number of non-ortho nitro benzene ring substituents is 1. The van der Waals surface area contributed by atoms with Crippen molar-refractivity contribution in [3.8, 4) is 0 Å². The Bertz CT molecular complexity index is 1050. The number of nitro groups is 1. The Hall–Kier alpha value is -2.35. The highest BCUT2D eigenvalue weighted by molar-refractivity contribution is 7.89. The van der Waals surface area contributed by atoms with Crippen molar-refractivity contribution >= 4 is 25.7 Å². The van der Waals surface area contributed by atoms with Crippen LogP contribution in [0.3, 0.4) is 0 Å². The molecule has 0 spiro atoms. The van der Waals surface area contributed by atoms with Gasteiger partial charge in [-0.3, -0.25) is 14.8 Å². The smallest absolute Gasteiger partial charge is 0.269 e. The normalized spacial score (nSPS) is 17.1. The number of nitro benzene ring substituents is 1. The van der Waals surface area contributed by atoms with Gasteiger partial charge >= 0.3 is 0 Å². The summed E-state index contributed by atoms with van der Waals surface area (Å²) < 4.78 is 54.2. The molecule has 0 radical (unpaired) electrons. The molecule has 1 aliphatic heterocycles. The Morgan fingerprint density at radius 2 is 1.41 bits per heavy atom. The zero-order valence-electron chi connectivity index (χ0n) is 14.3. The van der Waals surface area contributed by atoms with Gasteiger partial charge in [-0.25, -0.2) is 16.8 Å². The van der Waals surface area contributed by atoms with Gasteiger partial charge in [-0.05, 0) is 12.1 Å². The third-order valence-electron chi connectivity index (χ3n) is 4.20. The summed E-state index contributed by atoms with van der Waals surface area (Å²) in [6, 6.07) is 4.59. The standard InChI is InChI=1S/C14H17N5O6S2/c1-16-11-14(10-15-16)27(24,25)18-8-6-17(7-9-18)26(22,23)13-4-2-12(3-5-13)19(20)21/h2-5,10-11H,6-9H2,1H3. The zero-order valence-corrected chi connectivity index (χ0v) is 15.9. The Labute approximate surface area is 156 Å². The van der Waals surface area contributed by atoms with Crippen LogP contribution in [0.15, 0.2) is 46.5 Å². The van der Waals surface area contributed by atoms with E-state index in [0.29, 0.717) is 0 Å². The second-order valence-electron chi connectivity index (χ2n) is 5.91. The zero-order chi connectivity index (χ0) is 19.8. The van der Waals surface area contributed by atoms with E-state index in [1.807, 2.05) is 0 Å². The summed E-state index contributed by atoms with van der Waals surface area (Å²) >= 11 is 0. The molecule has 1 fully saturated rings. The van der Waals surface area contributed by atoms with Gasteiger partial charge in [0.1, 0.15) is 4.90 Å². The molecule has 0 aliphatic carbocycles. The topological polar surface area (TPSA) is 136 Å². The fourth-order valence-corrected chi connectivity index (χ4v) is 5.55. The molecule has 3 rings (SSSR count). The molecule has 11 nitrogen and oxygen atoms in total. The van der Waals surface area contributed by atoms with E-state index in [1.165, 1.54) is 37.8 Å². The Kier molecular flexibility index (Phi) is 5.03.